The Morgan fingerprint density at radius 1 is 1.31 bits per heavy atom. The van der Waals surface area contributed by atoms with Gasteiger partial charge in [-0.25, -0.2) is 14.4 Å². The molecule has 2 N–H and O–H groups in total. The van der Waals surface area contributed by atoms with E-state index in [1.165, 1.54) is 12.1 Å². The third-order valence-electron chi connectivity index (χ3n) is 2.36. The first-order valence-electron chi connectivity index (χ1n) is 5.28. The fourth-order valence-corrected chi connectivity index (χ4v) is 1.73. The SMILES string of the molecule is CC(C)Cc1nc(N)nc2cc(F)ccc12. The van der Waals surface area contributed by atoms with Crippen molar-refractivity contribution in [1.82, 2.24) is 9.97 Å². The van der Waals surface area contributed by atoms with Gasteiger partial charge in [-0.1, -0.05) is 13.8 Å². The van der Waals surface area contributed by atoms with Crippen molar-refractivity contribution in [3.63, 3.8) is 0 Å². The van der Waals surface area contributed by atoms with Crippen LogP contribution < -0.4 is 5.73 Å². The summed E-state index contributed by atoms with van der Waals surface area (Å²) in [4.78, 5) is 8.25. The van der Waals surface area contributed by atoms with Gasteiger partial charge in [0.2, 0.25) is 5.95 Å². The molecule has 3 nitrogen and oxygen atoms in total. The highest BCUT2D eigenvalue weighted by molar-refractivity contribution is 5.81. The molecule has 2 aromatic rings. The quantitative estimate of drug-likeness (QED) is 0.844. The highest BCUT2D eigenvalue weighted by Crippen LogP contribution is 2.20. The van der Waals surface area contributed by atoms with Crippen LogP contribution in [-0.2, 0) is 6.42 Å². The van der Waals surface area contributed by atoms with Crippen molar-refractivity contribution in [3.05, 3.63) is 29.7 Å². The molecule has 2 rings (SSSR count). The van der Waals surface area contributed by atoms with Gasteiger partial charge in [0.25, 0.3) is 0 Å². The number of anilines is 1. The van der Waals surface area contributed by atoms with Crippen LogP contribution >= 0.6 is 0 Å². The zero-order chi connectivity index (χ0) is 11.7. The molecule has 0 fully saturated rings. The predicted octanol–water partition coefficient (Wildman–Crippen LogP) is 2.55. The van der Waals surface area contributed by atoms with Crippen LogP contribution in [0.4, 0.5) is 10.3 Å². The number of hydrogen-bond donors (Lipinski definition) is 1. The summed E-state index contributed by atoms with van der Waals surface area (Å²) >= 11 is 0. The van der Waals surface area contributed by atoms with Gasteiger partial charge in [-0.3, -0.25) is 0 Å². The molecule has 84 valence electrons. The highest BCUT2D eigenvalue weighted by Gasteiger charge is 2.08. The van der Waals surface area contributed by atoms with Crippen LogP contribution in [0.15, 0.2) is 18.2 Å². The summed E-state index contributed by atoms with van der Waals surface area (Å²) in [7, 11) is 0. The molecule has 1 aromatic heterocycles. The first-order chi connectivity index (χ1) is 7.56. The topological polar surface area (TPSA) is 51.8 Å². The molecule has 0 spiro atoms. The summed E-state index contributed by atoms with van der Waals surface area (Å²) in [5.74, 6) is 0.373. The molecular weight excluding hydrogens is 205 g/mol. The summed E-state index contributed by atoms with van der Waals surface area (Å²) in [6.07, 6.45) is 0.814. The van der Waals surface area contributed by atoms with E-state index in [1.807, 2.05) is 0 Å². The zero-order valence-electron chi connectivity index (χ0n) is 9.37. The van der Waals surface area contributed by atoms with Gasteiger partial charge in [0, 0.05) is 11.5 Å². The number of nitrogens with zero attached hydrogens (tertiary/aromatic N) is 2. The van der Waals surface area contributed by atoms with Gasteiger partial charge >= 0.3 is 0 Å². The Morgan fingerprint density at radius 2 is 2.06 bits per heavy atom. The van der Waals surface area contributed by atoms with E-state index in [2.05, 4.69) is 23.8 Å². The lowest BCUT2D eigenvalue weighted by atomic mass is 10.0. The fourth-order valence-electron chi connectivity index (χ4n) is 1.73. The third-order valence-corrected chi connectivity index (χ3v) is 2.36. The van der Waals surface area contributed by atoms with Crippen LogP contribution in [0, 0.1) is 11.7 Å². The van der Waals surface area contributed by atoms with Gasteiger partial charge in [-0.15, -0.1) is 0 Å². The number of rotatable bonds is 2. The smallest absolute Gasteiger partial charge is 0.220 e. The van der Waals surface area contributed by atoms with E-state index in [0.717, 1.165) is 17.5 Å². The van der Waals surface area contributed by atoms with Crippen molar-refractivity contribution in [2.24, 2.45) is 5.92 Å². The minimum Gasteiger partial charge on any atom is -0.368 e. The van der Waals surface area contributed by atoms with Crippen molar-refractivity contribution in [3.8, 4) is 0 Å². The van der Waals surface area contributed by atoms with Gasteiger partial charge in [0.05, 0.1) is 11.2 Å². The molecule has 0 atom stereocenters. The number of benzene rings is 1. The standard InChI is InChI=1S/C12H14FN3/c1-7(2)5-10-9-4-3-8(13)6-11(9)16-12(14)15-10/h3-4,6-7H,5H2,1-2H3,(H2,14,15,16). The summed E-state index contributed by atoms with van der Waals surface area (Å²) in [6.45, 7) is 4.21. The van der Waals surface area contributed by atoms with Crippen LogP contribution in [0.2, 0.25) is 0 Å². The van der Waals surface area contributed by atoms with Crippen LogP contribution in [0.5, 0.6) is 0 Å². The van der Waals surface area contributed by atoms with Gasteiger partial charge < -0.3 is 5.73 Å². The predicted molar refractivity (Wildman–Crippen MR) is 62.5 cm³/mol. The maximum atomic E-state index is 13.1. The molecule has 0 saturated carbocycles. The second-order valence-electron chi connectivity index (χ2n) is 4.29. The lowest BCUT2D eigenvalue weighted by molar-refractivity contribution is 0.628. The first-order valence-corrected chi connectivity index (χ1v) is 5.28. The van der Waals surface area contributed by atoms with E-state index in [9.17, 15) is 4.39 Å². The van der Waals surface area contributed by atoms with E-state index in [1.54, 1.807) is 6.07 Å². The molecule has 0 unspecified atom stereocenters. The van der Waals surface area contributed by atoms with E-state index < -0.39 is 0 Å². The van der Waals surface area contributed by atoms with Crippen LogP contribution in [0.1, 0.15) is 19.5 Å². The van der Waals surface area contributed by atoms with Gasteiger partial charge in [-0.2, -0.15) is 0 Å². The Hall–Kier alpha value is -1.71. The second kappa shape index (κ2) is 4.04. The van der Waals surface area contributed by atoms with Crippen molar-refractivity contribution >= 4 is 16.9 Å². The number of halogens is 1. The minimum atomic E-state index is -0.305. The molecule has 0 saturated heterocycles. The molecule has 4 heteroatoms. The first kappa shape index (κ1) is 10.8. The Labute approximate surface area is 93.5 Å². The Morgan fingerprint density at radius 3 is 2.75 bits per heavy atom. The minimum absolute atomic E-state index is 0.203. The maximum Gasteiger partial charge on any atom is 0.220 e. The molecule has 0 amide bonds. The maximum absolute atomic E-state index is 13.1. The lowest BCUT2D eigenvalue weighted by Gasteiger charge is -2.08. The largest absolute Gasteiger partial charge is 0.368 e. The summed E-state index contributed by atoms with van der Waals surface area (Å²) < 4.78 is 13.1. The normalized spacial score (nSPS) is 11.2. The molecule has 0 radical (unpaired) electrons. The Balaban J connectivity index is 2.63. The summed E-state index contributed by atoms with van der Waals surface area (Å²) in [5.41, 5.74) is 7.06. The second-order valence-corrected chi connectivity index (χ2v) is 4.29. The molecule has 0 bridgehead atoms. The van der Waals surface area contributed by atoms with Gasteiger partial charge in [0.15, 0.2) is 0 Å². The van der Waals surface area contributed by atoms with Gasteiger partial charge in [-0.05, 0) is 24.5 Å². The van der Waals surface area contributed by atoms with E-state index >= 15 is 0 Å². The number of aromatic nitrogens is 2. The highest BCUT2D eigenvalue weighted by atomic mass is 19.1. The van der Waals surface area contributed by atoms with E-state index in [-0.39, 0.29) is 11.8 Å². The summed E-state index contributed by atoms with van der Waals surface area (Å²) in [5, 5.41) is 0.879. The Bertz CT molecular complexity index is 518. The molecule has 1 aromatic carbocycles. The van der Waals surface area contributed by atoms with Gasteiger partial charge in [0.1, 0.15) is 5.82 Å². The van der Waals surface area contributed by atoms with Crippen molar-refractivity contribution in [2.45, 2.75) is 20.3 Å². The number of fused-ring (bicyclic) bond motifs is 1. The summed E-state index contributed by atoms with van der Waals surface area (Å²) in [6, 6.07) is 4.52. The molecule has 1 heterocycles. The number of nitrogen functional groups attached to an aromatic ring is 1. The molecule has 0 aliphatic carbocycles. The molecule has 0 aliphatic heterocycles. The monoisotopic (exact) mass is 219 g/mol. The number of hydrogen-bond acceptors (Lipinski definition) is 3. The van der Waals surface area contributed by atoms with Crippen LogP contribution in [0.3, 0.4) is 0 Å². The lowest BCUT2D eigenvalue weighted by Crippen LogP contribution is -2.04. The van der Waals surface area contributed by atoms with Crippen molar-refractivity contribution < 1.29 is 4.39 Å². The Kier molecular flexibility index (Phi) is 2.73. The van der Waals surface area contributed by atoms with E-state index in [4.69, 9.17) is 5.73 Å². The van der Waals surface area contributed by atoms with Crippen molar-refractivity contribution in [2.75, 3.05) is 5.73 Å². The number of nitrogens with two attached hydrogens (primary N) is 1. The van der Waals surface area contributed by atoms with Crippen LogP contribution in [-0.4, -0.2) is 9.97 Å². The third kappa shape index (κ3) is 2.10. The fraction of sp³-hybridized carbons (Fsp3) is 0.333. The van der Waals surface area contributed by atoms with E-state index in [0.29, 0.717) is 11.4 Å². The van der Waals surface area contributed by atoms with Crippen LogP contribution in [0.25, 0.3) is 10.9 Å². The molecule has 0 aliphatic rings. The molecular formula is C12H14FN3. The molecule has 16 heavy (non-hydrogen) atoms. The van der Waals surface area contributed by atoms with Crippen molar-refractivity contribution in [1.29, 1.82) is 0 Å². The zero-order valence-corrected chi connectivity index (χ0v) is 9.37. The average molecular weight is 219 g/mol. The average Bonchev–Trinajstić information content (AvgIpc) is 2.15.